The summed E-state index contributed by atoms with van der Waals surface area (Å²) in [5, 5.41) is 6.01. The maximum absolute atomic E-state index is 11.6. The van der Waals surface area contributed by atoms with Crippen LogP contribution in [0, 0.1) is 0 Å². The molecule has 1 atom stereocenters. The predicted molar refractivity (Wildman–Crippen MR) is 69.1 cm³/mol. The molecule has 1 heterocycles. The summed E-state index contributed by atoms with van der Waals surface area (Å²) in [5.74, 6) is -0.278. The summed E-state index contributed by atoms with van der Waals surface area (Å²) in [6.07, 6.45) is 2.91. The molecule has 0 saturated carbocycles. The van der Waals surface area contributed by atoms with E-state index in [4.69, 9.17) is 4.74 Å². The van der Waals surface area contributed by atoms with E-state index in [-0.39, 0.29) is 18.3 Å². The number of carbonyl (C=O) groups is 2. The topological polar surface area (TPSA) is 67.4 Å². The van der Waals surface area contributed by atoms with E-state index in [1.54, 1.807) is 0 Å². The summed E-state index contributed by atoms with van der Waals surface area (Å²) in [4.78, 5) is 23.0. The molecule has 18 heavy (non-hydrogen) atoms. The van der Waals surface area contributed by atoms with Crippen molar-refractivity contribution in [1.82, 2.24) is 10.6 Å². The van der Waals surface area contributed by atoms with Gasteiger partial charge in [0.1, 0.15) is 5.60 Å². The van der Waals surface area contributed by atoms with E-state index in [1.165, 1.54) is 0 Å². The van der Waals surface area contributed by atoms with Crippen LogP contribution in [0.1, 0.15) is 46.5 Å². The minimum Gasteiger partial charge on any atom is -0.460 e. The van der Waals surface area contributed by atoms with Crippen molar-refractivity contribution in [2.24, 2.45) is 0 Å². The van der Waals surface area contributed by atoms with Gasteiger partial charge in [0.05, 0.1) is 6.42 Å². The molecule has 1 amide bonds. The van der Waals surface area contributed by atoms with Crippen molar-refractivity contribution in [1.29, 1.82) is 0 Å². The lowest BCUT2D eigenvalue weighted by atomic mass is 10.1. The molecule has 2 N–H and O–H groups in total. The zero-order valence-corrected chi connectivity index (χ0v) is 11.5. The highest BCUT2D eigenvalue weighted by Crippen LogP contribution is 2.09. The fourth-order valence-corrected chi connectivity index (χ4v) is 1.92. The summed E-state index contributed by atoms with van der Waals surface area (Å²) in [5.41, 5.74) is -0.463. The van der Waals surface area contributed by atoms with E-state index in [9.17, 15) is 9.59 Å². The van der Waals surface area contributed by atoms with Gasteiger partial charge in [-0.1, -0.05) is 0 Å². The van der Waals surface area contributed by atoms with Crippen molar-refractivity contribution >= 4 is 11.9 Å². The van der Waals surface area contributed by atoms with Crippen molar-refractivity contribution in [3.63, 3.8) is 0 Å². The smallest absolute Gasteiger partial charge is 0.308 e. The van der Waals surface area contributed by atoms with E-state index < -0.39 is 5.60 Å². The summed E-state index contributed by atoms with van der Waals surface area (Å²) in [6.45, 7) is 6.83. The van der Waals surface area contributed by atoms with Crippen molar-refractivity contribution in [2.75, 3.05) is 13.1 Å². The second-order valence-electron chi connectivity index (χ2n) is 5.68. The fraction of sp³-hybridized carbons (Fsp3) is 0.846. The Hall–Kier alpha value is -1.10. The third-order valence-electron chi connectivity index (χ3n) is 2.67. The lowest BCUT2D eigenvalue weighted by molar-refractivity contribution is -0.154. The van der Waals surface area contributed by atoms with Crippen LogP contribution in [0.3, 0.4) is 0 Å². The lowest BCUT2D eigenvalue weighted by Crippen LogP contribution is -2.33. The summed E-state index contributed by atoms with van der Waals surface area (Å²) in [7, 11) is 0. The molecule has 1 fully saturated rings. The predicted octanol–water partition coefficient (Wildman–Crippen LogP) is 0.976. The van der Waals surface area contributed by atoms with Gasteiger partial charge in [0.2, 0.25) is 5.91 Å². The Labute approximate surface area is 109 Å². The average Bonchev–Trinajstić information content (AvgIpc) is 2.67. The molecule has 1 saturated heterocycles. The Bertz CT molecular complexity index is 291. The van der Waals surface area contributed by atoms with Gasteiger partial charge in [-0.25, -0.2) is 0 Å². The van der Waals surface area contributed by atoms with Crippen molar-refractivity contribution in [3.8, 4) is 0 Å². The van der Waals surface area contributed by atoms with Crippen LogP contribution in [-0.4, -0.2) is 36.6 Å². The van der Waals surface area contributed by atoms with Crippen LogP contribution >= 0.6 is 0 Å². The van der Waals surface area contributed by atoms with Gasteiger partial charge >= 0.3 is 5.97 Å². The third-order valence-corrected chi connectivity index (χ3v) is 2.67. The molecule has 0 radical (unpaired) electrons. The van der Waals surface area contributed by atoms with E-state index in [2.05, 4.69) is 10.6 Å². The molecule has 1 aliphatic heterocycles. The van der Waals surface area contributed by atoms with Gasteiger partial charge in [0, 0.05) is 19.0 Å². The first kappa shape index (κ1) is 15.0. The largest absolute Gasteiger partial charge is 0.460 e. The van der Waals surface area contributed by atoms with Crippen molar-refractivity contribution in [2.45, 2.75) is 58.1 Å². The van der Waals surface area contributed by atoms with Crippen LogP contribution < -0.4 is 10.6 Å². The molecular formula is C13H24N2O3. The number of ether oxygens (including phenoxy) is 1. The molecule has 1 rings (SSSR count). The molecule has 5 nitrogen and oxygen atoms in total. The number of carbonyl (C=O) groups excluding carboxylic acids is 2. The fourth-order valence-electron chi connectivity index (χ4n) is 1.92. The first-order valence-corrected chi connectivity index (χ1v) is 6.59. The number of esters is 1. The number of amides is 1. The maximum Gasteiger partial charge on any atom is 0.308 e. The maximum atomic E-state index is 11.6. The van der Waals surface area contributed by atoms with Gasteiger partial charge in [-0.05, 0) is 40.2 Å². The van der Waals surface area contributed by atoms with Crippen LogP contribution in [0.2, 0.25) is 0 Å². The van der Waals surface area contributed by atoms with Crippen LogP contribution in [0.5, 0.6) is 0 Å². The number of hydrogen-bond acceptors (Lipinski definition) is 4. The van der Waals surface area contributed by atoms with Gasteiger partial charge in [0.15, 0.2) is 0 Å². The molecule has 0 spiro atoms. The molecule has 1 unspecified atom stereocenters. The molecule has 0 aromatic rings. The second kappa shape index (κ2) is 6.73. The van der Waals surface area contributed by atoms with E-state index in [0.717, 1.165) is 19.4 Å². The van der Waals surface area contributed by atoms with E-state index in [0.29, 0.717) is 19.0 Å². The Morgan fingerprint density at radius 2 is 2.11 bits per heavy atom. The highest BCUT2D eigenvalue weighted by atomic mass is 16.6. The first-order chi connectivity index (χ1) is 8.37. The number of hydrogen-bond donors (Lipinski definition) is 2. The number of rotatable bonds is 5. The zero-order valence-electron chi connectivity index (χ0n) is 11.5. The molecule has 0 bridgehead atoms. The summed E-state index contributed by atoms with van der Waals surface area (Å²) < 4.78 is 5.15. The Balaban J connectivity index is 2.09. The molecule has 0 aliphatic carbocycles. The van der Waals surface area contributed by atoms with E-state index in [1.807, 2.05) is 20.8 Å². The average molecular weight is 256 g/mol. The van der Waals surface area contributed by atoms with Gasteiger partial charge in [0.25, 0.3) is 0 Å². The Morgan fingerprint density at radius 3 is 2.67 bits per heavy atom. The molecule has 104 valence electrons. The third kappa shape index (κ3) is 6.59. The van der Waals surface area contributed by atoms with Crippen molar-refractivity contribution in [3.05, 3.63) is 0 Å². The Morgan fingerprint density at radius 1 is 1.39 bits per heavy atom. The van der Waals surface area contributed by atoms with Gasteiger partial charge in [-0.2, -0.15) is 0 Å². The molecule has 1 aliphatic rings. The molecule has 0 aromatic heterocycles. The summed E-state index contributed by atoms with van der Waals surface area (Å²) >= 11 is 0. The van der Waals surface area contributed by atoms with Crippen molar-refractivity contribution < 1.29 is 14.3 Å². The zero-order chi connectivity index (χ0) is 13.6. The van der Waals surface area contributed by atoms with E-state index >= 15 is 0 Å². The molecule has 5 heteroatoms. The van der Waals surface area contributed by atoms with Crippen LogP contribution in [0.4, 0.5) is 0 Å². The normalized spacial score (nSPS) is 19.6. The van der Waals surface area contributed by atoms with Gasteiger partial charge < -0.3 is 15.4 Å². The van der Waals surface area contributed by atoms with Gasteiger partial charge in [-0.3, -0.25) is 9.59 Å². The van der Waals surface area contributed by atoms with Crippen LogP contribution in [0.25, 0.3) is 0 Å². The monoisotopic (exact) mass is 256 g/mol. The SMILES string of the molecule is CC(C)(C)OC(=O)CCNC(=O)CC1CCCN1. The van der Waals surface area contributed by atoms with Crippen LogP contribution in [0.15, 0.2) is 0 Å². The number of nitrogens with one attached hydrogen (secondary N) is 2. The van der Waals surface area contributed by atoms with Crippen LogP contribution in [-0.2, 0) is 14.3 Å². The lowest BCUT2D eigenvalue weighted by Gasteiger charge is -2.19. The molecular weight excluding hydrogens is 232 g/mol. The Kier molecular flexibility index (Phi) is 5.59. The highest BCUT2D eigenvalue weighted by molar-refractivity contribution is 5.77. The quantitative estimate of drug-likeness (QED) is 0.719. The first-order valence-electron chi connectivity index (χ1n) is 6.59. The highest BCUT2D eigenvalue weighted by Gasteiger charge is 2.18. The van der Waals surface area contributed by atoms with Gasteiger partial charge in [-0.15, -0.1) is 0 Å². The minimum absolute atomic E-state index is 0.00189. The second-order valence-corrected chi connectivity index (χ2v) is 5.68. The summed E-state index contributed by atoms with van der Waals surface area (Å²) in [6, 6.07) is 0.298. The molecule has 0 aromatic carbocycles. The standard InChI is InChI=1S/C13H24N2O3/c1-13(2,3)18-12(17)6-8-15-11(16)9-10-5-4-7-14-10/h10,14H,4-9H2,1-3H3,(H,15,16). The minimum atomic E-state index is -0.463.